The quantitative estimate of drug-likeness (QED) is 0.197. The molecule has 0 aromatic carbocycles. The Morgan fingerprint density at radius 3 is 1.76 bits per heavy atom. The number of aliphatic carboxylic acids is 3. The fourth-order valence-electron chi connectivity index (χ4n) is 2.37. The Hall–Kier alpha value is 2.78. The molecule has 29 heavy (non-hydrogen) atoms. The molecular formula is C17H27K3N2O7. The summed E-state index contributed by atoms with van der Waals surface area (Å²) in [7, 11) is 0. The van der Waals surface area contributed by atoms with Gasteiger partial charge in [0.15, 0.2) is 0 Å². The molecule has 3 unspecified atom stereocenters. The molecule has 0 heterocycles. The second-order valence-electron chi connectivity index (χ2n) is 6.17. The summed E-state index contributed by atoms with van der Waals surface area (Å²) < 4.78 is 0. The van der Waals surface area contributed by atoms with E-state index in [-0.39, 0.29) is 180 Å². The van der Waals surface area contributed by atoms with Crippen LogP contribution in [-0.4, -0.2) is 70.6 Å². The molecule has 150 valence electrons. The topological polar surface area (TPSA) is 147 Å². The molecule has 9 nitrogen and oxygen atoms in total. The van der Waals surface area contributed by atoms with Gasteiger partial charge < -0.3 is 30.0 Å². The molecular weight excluding hydrogens is 461 g/mol. The van der Waals surface area contributed by atoms with Crippen molar-refractivity contribution in [2.45, 2.75) is 58.7 Å². The van der Waals surface area contributed by atoms with E-state index in [2.05, 4.69) is 0 Å². The van der Waals surface area contributed by atoms with Gasteiger partial charge in [-0.25, -0.2) is 0 Å². The number of carboxylic acids is 3. The summed E-state index contributed by atoms with van der Waals surface area (Å²) in [5, 5.41) is 43.4. The van der Waals surface area contributed by atoms with Crippen molar-refractivity contribution in [3.63, 3.8) is 0 Å². The van der Waals surface area contributed by atoms with Gasteiger partial charge in [-0.15, -0.1) is 5.76 Å². The van der Waals surface area contributed by atoms with Crippen molar-refractivity contribution in [3.05, 3.63) is 11.8 Å². The van der Waals surface area contributed by atoms with Crippen molar-refractivity contribution in [2.75, 3.05) is 19.6 Å². The van der Waals surface area contributed by atoms with Gasteiger partial charge in [0.2, 0.25) is 0 Å². The molecule has 0 bridgehead atoms. The number of rotatable bonds is 13. The molecule has 0 saturated heterocycles. The third kappa shape index (κ3) is 16.1. The Morgan fingerprint density at radius 1 is 0.897 bits per heavy atom. The van der Waals surface area contributed by atoms with Gasteiger partial charge in [0.1, 0.15) is 6.04 Å². The number of carbonyl (C=O) groups is 3. The fourth-order valence-corrected chi connectivity index (χ4v) is 2.37. The van der Waals surface area contributed by atoms with E-state index < -0.39 is 36.0 Å². The molecule has 0 fully saturated rings. The van der Waals surface area contributed by atoms with E-state index >= 15 is 0 Å². The first kappa shape index (κ1) is 39.0. The van der Waals surface area contributed by atoms with E-state index in [4.69, 9.17) is 5.11 Å². The molecule has 0 aliphatic rings. The number of carboxylic acid groups (broad SMARTS) is 3. The van der Waals surface area contributed by atoms with Crippen LogP contribution in [0.2, 0.25) is 0 Å². The average molecular weight is 489 g/mol. The summed E-state index contributed by atoms with van der Waals surface area (Å²) in [6.45, 7) is 5.62. The van der Waals surface area contributed by atoms with E-state index in [1.54, 1.807) is 0 Å². The van der Waals surface area contributed by atoms with Gasteiger partial charge >= 0.3 is 160 Å². The largest absolute Gasteiger partial charge is 1.00 e. The molecule has 12 heteroatoms. The molecule has 0 rings (SSSR count). The van der Waals surface area contributed by atoms with Crippen molar-refractivity contribution in [1.29, 1.82) is 0 Å². The van der Waals surface area contributed by atoms with Crippen LogP contribution >= 0.6 is 0 Å². The molecule has 1 N–H and O–H groups in total. The summed E-state index contributed by atoms with van der Waals surface area (Å²) in [6.07, 6.45) is 2.81. The van der Waals surface area contributed by atoms with Crippen molar-refractivity contribution in [3.8, 4) is 0 Å². The van der Waals surface area contributed by atoms with Crippen LogP contribution in [0.25, 0.3) is 0 Å². The number of nitrogens with zero attached hydrogens (tertiary/aromatic N) is 2. The number of unbranched alkanes of at least 4 members (excludes halogenated alkanes) is 1. The zero-order valence-electron chi connectivity index (χ0n) is 18.6. The third-order valence-electron chi connectivity index (χ3n) is 4.25. The first-order valence-corrected chi connectivity index (χ1v) is 8.53. The first-order valence-electron chi connectivity index (χ1n) is 8.53. The fraction of sp³-hybridized carbons (Fsp3) is 0.706. The predicted molar refractivity (Wildman–Crippen MR) is 87.3 cm³/mol. The van der Waals surface area contributed by atoms with Crippen LogP contribution in [0.4, 0.5) is 0 Å². The minimum Gasteiger partial charge on any atom is -0.875 e. The van der Waals surface area contributed by atoms with E-state index in [0.717, 1.165) is 6.42 Å². The summed E-state index contributed by atoms with van der Waals surface area (Å²) in [4.78, 5) is 36.0. The molecule has 0 aromatic rings. The van der Waals surface area contributed by atoms with E-state index in [1.807, 2.05) is 6.92 Å². The Kier molecular flexibility index (Phi) is 28.7. The summed E-state index contributed by atoms with van der Waals surface area (Å²) in [5.74, 6) is -4.29. The van der Waals surface area contributed by atoms with Gasteiger partial charge in [-0.05, 0) is 27.2 Å². The first-order chi connectivity index (χ1) is 12.0. The zero-order chi connectivity index (χ0) is 20.4. The number of hydrogen-bond acceptors (Lipinski definition) is 8. The molecule has 0 aromatic heterocycles. The predicted octanol–water partition coefficient (Wildman–Crippen LogP) is -11.6. The minimum atomic E-state index is -1.44. The number of allylic oxidation sites excluding steroid dienone is 1. The molecule has 3 atom stereocenters. The van der Waals surface area contributed by atoms with Gasteiger partial charge in [0.05, 0.1) is 11.9 Å². The van der Waals surface area contributed by atoms with Crippen molar-refractivity contribution in [2.24, 2.45) is 0 Å². The normalized spacial score (nSPS) is 14.1. The standard InChI is InChI=1S/C17H30N2O7.3K/c1-5-6-7-14(20)10-18(11(2)15(21)22)8-9-19(12(3)16(23)24)13(4)17(25)26;;;/h7,11-13,20H,5-6,8-10H2,1-4H3,(H,21,22)(H,23,24)(H,25,26);;;/q;3*+1/p-3/b14-7-;;;. The molecule has 0 spiro atoms. The van der Waals surface area contributed by atoms with Crippen LogP contribution in [0.1, 0.15) is 40.5 Å². The zero-order valence-corrected chi connectivity index (χ0v) is 28.0. The number of carbonyl (C=O) groups excluding carboxylic acids is 2. The molecule has 0 radical (unpaired) electrons. The maximum absolute atomic E-state index is 11.9. The molecule has 0 aliphatic carbocycles. The van der Waals surface area contributed by atoms with Crippen LogP contribution in [0.15, 0.2) is 11.8 Å². The van der Waals surface area contributed by atoms with Crippen molar-refractivity contribution < 1.29 is 189 Å². The van der Waals surface area contributed by atoms with Gasteiger partial charge in [-0.1, -0.05) is 19.4 Å². The maximum atomic E-state index is 11.9. The van der Waals surface area contributed by atoms with Crippen molar-refractivity contribution >= 4 is 17.9 Å². The maximum Gasteiger partial charge on any atom is 1.00 e. The SMILES string of the molecule is CCC/C=C(\[O-])CN(CCN(C(C)C(=O)[O-])C(C)C(=O)O)C(C)C(=O)[O-].[K+].[K+].[K+]. The molecule has 0 aliphatic heterocycles. The second-order valence-corrected chi connectivity index (χ2v) is 6.17. The molecule has 0 saturated carbocycles. The Bertz CT molecular complexity index is 515. The van der Waals surface area contributed by atoms with Crippen LogP contribution in [-0.2, 0) is 14.4 Å². The van der Waals surface area contributed by atoms with Gasteiger partial charge in [0, 0.05) is 31.7 Å². The van der Waals surface area contributed by atoms with E-state index in [9.17, 15) is 29.7 Å². The van der Waals surface area contributed by atoms with E-state index in [1.165, 1.54) is 36.6 Å². The van der Waals surface area contributed by atoms with Crippen LogP contribution < -0.4 is 169 Å². The smallest absolute Gasteiger partial charge is 0.875 e. The Balaban J connectivity index is -0.00000104. The van der Waals surface area contributed by atoms with Crippen molar-refractivity contribution in [1.82, 2.24) is 9.80 Å². The minimum absolute atomic E-state index is 0. The summed E-state index contributed by atoms with van der Waals surface area (Å²) >= 11 is 0. The number of hydrogen-bond donors (Lipinski definition) is 1. The average Bonchev–Trinajstić information content (AvgIpc) is 2.57. The molecule has 0 amide bonds. The Labute approximate surface area is 300 Å². The third-order valence-corrected chi connectivity index (χ3v) is 4.25. The second kappa shape index (κ2) is 21.3. The van der Waals surface area contributed by atoms with Gasteiger partial charge in [0.25, 0.3) is 0 Å². The van der Waals surface area contributed by atoms with Crippen LogP contribution in [0.3, 0.4) is 0 Å². The van der Waals surface area contributed by atoms with Gasteiger partial charge in [-0.3, -0.25) is 14.6 Å². The summed E-state index contributed by atoms with van der Waals surface area (Å²) in [6, 6.07) is -3.40. The van der Waals surface area contributed by atoms with Gasteiger partial charge in [-0.2, -0.15) is 0 Å². The monoisotopic (exact) mass is 488 g/mol. The Morgan fingerprint density at radius 2 is 1.38 bits per heavy atom. The van der Waals surface area contributed by atoms with Crippen LogP contribution in [0, 0.1) is 0 Å². The van der Waals surface area contributed by atoms with E-state index in [0.29, 0.717) is 6.42 Å². The summed E-state index contributed by atoms with van der Waals surface area (Å²) in [5.41, 5.74) is 0. The van der Waals surface area contributed by atoms with Crippen LogP contribution in [0.5, 0.6) is 0 Å².